The van der Waals surface area contributed by atoms with Crippen molar-refractivity contribution >= 4 is 29.9 Å². The van der Waals surface area contributed by atoms with Gasteiger partial charge in [-0.15, -0.1) is 24.0 Å². The Kier molecular flexibility index (Phi) is 12.1. The lowest BCUT2D eigenvalue weighted by atomic mass is 10.0. The van der Waals surface area contributed by atoms with E-state index in [0.29, 0.717) is 0 Å². The third kappa shape index (κ3) is 8.16. The van der Waals surface area contributed by atoms with E-state index in [1.165, 1.54) is 44.9 Å². The summed E-state index contributed by atoms with van der Waals surface area (Å²) in [5.74, 6) is 2.00. The zero-order valence-electron chi connectivity index (χ0n) is 12.0. The zero-order valence-corrected chi connectivity index (χ0v) is 14.3. The summed E-state index contributed by atoms with van der Waals surface area (Å²) >= 11 is 0. The lowest BCUT2D eigenvalue weighted by Crippen LogP contribution is -2.37. The second kappa shape index (κ2) is 12.1. The summed E-state index contributed by atoms with van der Waals surface area (Å²) < 4.78 is 0. The molecule has 0 spiro atoms. The van der Waals surface area contributed by atoms with Gasteiger partial charge in [0.1, 0.15) is 0 Å². The van der Waals surface area contributed by atoms with E-state index in [9.17, 15) is 0 Å². The molecule has 0 radical (unpaired) electrons. The molecule has 0 amide bonds. The quantitative estimate of drug-likeness (QED) is 0.313. The van der Waals surface area contributed by atoms with E-state index in [2.05, 4.69) is 29.5 Å². The van der Waals surface area contributed by atoms with E-state index in [1.54, 1.807) is 0 Å². The first-order valence-corrected chi connectivity index (χ1v) is 7.39. The van der Waals surface area contributed by atoms with Gasteiger partial charge in [-0.2, -0.15) is 0 Å². The van der Waals surface area contributed by atoms with Crippen molar-refractivity contribution in [3.05, 3.63) is 0 Å². The fourth-order valence-electron chi connectivity index (χ4n) is 2.54. The Bertz CT molecular complexity index is 205. The minimum absolute atomic E-state index is 0. The van der Waals surface area contributed by atoms with Gasteiger partial charge in [0.05, 0.1) is 0 Å². The van der Waals surface area contributed by atoms with E-state index < -0.39 is 0 Å². The molecule has 0 saturated heterocycles. The molecule has 1 fully saturated rings. The molecule has 0 heterocycles. The molecule has 0 unspecified atom stereocenters. The molecular formula is C14H30IN3. The number of guanidine groups is 1. The van der Waals surface area contributed by atoms with Gasteiger partial charge in [-0.3, -0.25) is 4.99 Å². The molecular weight excluding hydrogens is 337 g/mol. The van der Waals surface area contributed by atoms with Crippen LogP contribution in [-0.2, 0) is 0 Å². The predicted molar refractivity (Wildman–Crippen MR) is 90.9 cm³/mol. The number of aliphatic imine (C=N–C) groups is 1. The molecule has 0 aromatic carbocycles. The number of rotatable bonds is 7. The molecule has 0 aromatic heterocycles. The molecule has 108 valence electrons. The standard InChI is InChI=1S/C14H29N3.HI/c1-3-15-14(16-4-2)17-12-8-7-11-13-9-5-6-10-13;/h13H,3-12H2,1-2H3,(H2,15,16,17);1H. The van der Waals surface area contributed by atoms with Crippen LogP contribution in [-0.4, -0.2) is 25.6 Å². The number of hydrogen-bond acceptors (Lipinski definition) is 1. The maximum absolute atomic E-state index is 4.56. The minimum Gasteiger partial charge on any atom is -0.357 e. The average Bonchev–Trinajstić information content (AvgIpc) is 2.82. The van der Waals surface area contributed by atoms with Gasteiger partial charge < -0.3 is 10.6 Å². The van der Waals surface area contributed by atoms with Crippen LogP contribution < -0.4 is 10.6 Å². The monoisotopic (exact) mass is 367 g/mol. The molecule has 1 saturated carbocycles. The zero-order chi connectivity index (χ0) is 12.3. The van der Waals surface area contributed by atoms with Crippen LogP contribution in [0.1, 0.15) is 58.8 Å². The van der Waals surface area contributed by atoms with E-state index in [1.807, 2.05) is 0 Å². The largest absolute Gasteiger partial charge is 0.357 e. The Morgan fingerprint density at radius 2 is 1.67 bits per heavy atom. The molecule has 2 N–H and O–H groups in total. The summed E-state index contributed by atoms with van der Waals surface area (Å²) in [7, 11) is 0. The molecule has 1 aliphatic carbocycles. The van der Waals surface area contributed by atoms with Crippen LogP contribution in [0, 0.1) is 5.92 Å². The van der Waals surface area contributed by atoms with Crippen molar-refractivity contribution in [1.82, 2.24) is 10.6 Å². The number of nitrogens with zero attached hydrogens (tertiary/aromatic N) is 1. The molecule has 0 bridgehead atoms. The van der Waals surface area contributed by atoms with Gasteiger partial charge in [0.2, 0.25) is 0 Å². The Labute approximate surface area is 130 Å². The third-order valence-corrected chi connectivity index (χ3v) is 3.45. The molecule has 4 heteroatoms. The second-order valence-electron chi connectivity index (χ2n) is 4.94. The first-order valence-electron chi connectivity index (χ1n) is 7.39. The van der Waals surface area contributed by atoms with Gasteiger partial charge >= 0.3 is 0 Å². The SMILES string of the molecule is CCNC(=NCCCCC1CCCC1)NCC.I. The van der Waals surface area contributed by atoms with Gasteiger partial charge in [0.25, 0.3) is 0 Å². The van der Waals surface area contributed by atoms with E-state index in [-0.39, 0.29) is 24.0 Å². The Morgan fingerprint density at radius 3 is 2.22 bits per heavy atom. The Balaban J connectivity index is 0.00000289. The van der Waals surface area contributed by atoms with Gasteiger partial charge in [-0.05, 0) is 26.2 Å². The summed E-state index contributed by atoms with van der Waals surface area (Å²) in [4.78, 5) is 4.56. The van der Waals surface area contributed by atoms with Crippen molar-refractivity contribution in [2.24, 2.45) is 10.9 Å². The van der Waals surface area contributed by atoms with Crippen molar-refractivity contribution in [2.75, 3.05) is 19.6 Å². The fourth-order valence-corrected chi connectivity index (χ4v) is 2.54. The molecule has 1 aliphatic rings. The number of unbranched alkanes of at least 4 members (excludes halogenated alkanes) is 1. The summed E-state index contributed by atoms with van der Waals surface area (Å²) in [5, 5.41) is 6.51. The first kappa shape index (κ1) is 18.0. The van der Waals surface area contributed by atoms with Crippen LogP contribution in [0.2, 0.25) is 0 Å². The van der Waals surface area contributed by atoms with Gasteiger partial charge in [0.15, 0.2) is 5.96 Å². The summed E-state index contributed by atoms with van der Waals surface area (Å²) in [5.41, 5.74) is 0. The number of halogens is 1. The highest BCUT2D eigenvalue weighted by molar-refractivity contribution is 14.0. The van der Waals surface area contributed by atoms with Crippen molar-refractivity contribution < 1.29 is 0 Å². The van der Waals surface area contributed by atoms with Crippen molar-refractivity contribution in [3.8, 4) is 0 Å². The van der Waals surface area contributed by atoms with E-state index >= 15 is 0 Å². The summed E-state index contributed by atoms with van der Waals surface area (Å²) in [6.45, 7) is 7.05. The molecule has 0 atom stereocenters. The fraction of sp³-hybridized carbons (Fsp3) is 0.929. The average molecular weight is 367 g/mol. The minimum atomic E-state index is 0. The van der Waals surface area contributed by atoms with Crippen molar-refractivity contribution in [3.63, 3.8) is 0 Å². The Hall–Kier alpha value is 0. The summed E-state index contributed by atoms with van der Waals surface area (Å²) in [6.07, 6.45) is 9.89. The van der Waals surface area contributed by atoms with E-state index in [0.717, 1.165) is 31.5 Å². The smallest absolute Gasteiger partial charge is 0.191 e. The summed E-state index contributed by atoms with van der Waals surface area (Å²) in [6, 6.07) is 0. The topological polar surface area (TPSA) is 36.4 Å². The van der Waals surface area contributed by atoms with Crippen molar-refractivity contribution in [2.45, 2.75) is 58.8 Å². The van der Waals surface area contributed by atoms with Gasteiger partial charge in [-0.1, -0.05) is 38.5 Å². The lowest BCUT2D eigenvalue weighted by Gasteiger charge is -2.10. The van der Waals surface area contributed by atoms with Crippen LogP contribution in [0.5, 0.6) is 0 Å². The molecule has 3 nitrogen and oxygen atoms in total. The Morgan fingerprint density at radius 1 is 1.06 bits per heavy atom. The highest BCUT2D eigenvalue weighted by Gasteiger charge is 2.13. The first-order chi connectivity index (χ1) is 8.36. The number of nitrogens with one attached hydrogen (secondary N) is 2. The van der Waals surface area contributed by atoms with Crippen LogP contribution in [0.3, 0.4) is 0 Å². The predicted octanol–water partition coefficient (Wildman–Crippen LogP) is 3.54. The van der Waals surface area contributed by atoms with Crippen LogP contribution in [0.15, 0.2) is 4.99 Å². The maximum atomic E-state index is 4.56. The van der Waals surface area contributed by atoms with E-state index in [4.69, 9.17) is 0 Å². The molecule has 0 aromatic rings. The lowest BCUT2D eigenvalue weighted by molar-refractivity contribution is 0.475. The highest BCUT2D eigenvalue weighted by Crippen LogP contribution is 2.28. The second-order valence-corrected chi connectivity index (χ2v) is 4.94. The van der Waals surface area contributed by atoms with Crippen LogP contribution in [0.4, 0.5) is 0 Å². The number of hydrogen-bond donors (Lipinski definition) is 2. The van der Waals surface area contributed by atoms with Gasteiger partial charge in [0, 0.05) is 19.6 Å². The normalized spacial score (nSPS) is 15.0. The van der Waals surface area contributed by atoms with Crippen LogP contribution >= 0.6 is 24.0 Å². The molecule has 0 aliphatic heterocycles. The molecule has 1 rings (SSSR count). The highest BCUT2D eigenvalue weighted by atomic mass is 127. The molecule has 18 heavy (non-hydrogen) atoms. The van der Waals surface area contributed by atoms with Crippen molar-refractivity contribution in [1.29, 1.82) is 0 Å². The maximum Gasteiger partial charge on any atom is 0.191 e. The van der Waals surface area contributed by atoms with Crippen LogP contribution in [0.25, 0.3) is 0 Å². The van der Waals surface area contributed by atoms with Gasteiger partial charge in [-0.25, -0.2) is 0 Å². The third-order valence-electron chi connectivity index (χ3n) is 3.45.